The Labute approximate surface area is 612 Å². The molecule has 9 aromatic rings. The number of nitrogen functional groups attached to an aromatic ring is 1. The molecule has 1 saturated heterocycles. The fourth-order valence-corrected chi connectivity index (χ4v) is 10.1. The number of benzene rings is 4. The summed E-state index contributed by atoms with van der Waals surface area (Å²) >= 11 is 11.4. The van der Waals surface area contributed by atoms with Crippen molar-refractivity contribution in [2.24, 2.45) is 0 Å². The Hall–Kier alpha value is -10.3. The van der Waals surface area contributed by atoms with Crippen molar-refractivity contribution in [3.63, 3.8) is 0 Å². The molecule has 103 heavy (non-hydrogen) atoms. The summed E-state index contributed by atoms with van der Waals surface area (Å²) in [6.45, 7) is 16.3. The second-order valence-corrected chi connectivity index (χ2v) is 24.5. The van der Waals surface area contributed by atoms with Crippen molar-refractivity contribution in [3.05, 3.63) is 188 Å². The quantitative estimate of drug-likeness (QED) is 0.0408. The average molecular weight is 1460 g/mol. The molecule has 0 spiro atoms. The molecule has 1 aliphatic heterocycles. The number of pyridine rings is 3. The number of halogens is 2. The highest BCUT2D eigenvalue weighted by Crippen LogP contribution is 2.34. The molecule has 5 aromatic heterocycles. The van der Waals surface area contributed by atoms with Gasteiger partial charge in [0.25, 0.3) is 11.1 Å². The molecule has 25 nitrogen and oxygen atoms in total. The van der Waals surface area contributed by atoms with Gasteiger partial charge in [0, 0.05) is 105 Å². The maximum absolute atomic E-state index is 13.0. The summed E-state index contributed by atoms with van der Waals surface area (Å²) in [5, 5.41) is 4.50. The second-order valence-electron chi connectivity index (χ2n) is 23.7. The van der Waals surface area contributed by atoms with Gasteiger partial charge in [0.05, 0.1) is 98.8 Å². The van der Waals surface area contributed by atoms with E-state index in [0.717, 1.165) is 48.6 Å². The molecule has 554 valence electrons. The van der Waals surface area contributed by atoms with Crippen molar-refractivity contribution in [3.8, 4) is 68.2 Å². The number of ether oxygens (including phenoxy) is 11. The molecule has 1 atom stereocenters. The molecular formula is C76H96Cl2N10O15. The molecule has 10 rings (SSSR count). The van der Waals surface area contributed by atoms with Gasteiger partial charge in [-0.1, -0.05) is 47.5 Å². The summed E-state index contributed by atoms with van der Waals surface area (Å²) in [7, 11) is 20.2. The highest BCUT2D eigenvalue weighted by Gasteiger charge is 2.20. The predicted octanol–water partition coefficient (Wildman–Crippen LogP) is 11.8. The molecule has 4 aromatic carbocycles. The Morgan fingerprint density at radius 3 is 1.50 bits per heavy atom. The van der Waals surface area contributed by atoms with E-state index in [1.165, 1.54) is 10.6 Å². The Balaban J connectivity index is 0.000000231. The average Bonchev–Trinajstić information content (AvgIpc) is 0.789. The normalized spacial score (nSPS) is 11.9. The predicted molar refractivity (Wildman–Crippen MR) is 405 cm³/mol. The van der Waals surface area contributed by atoms with Crippen LogP contribution >= 0.6 is 23.2 Å². The number of piperazine rings is 1. The lowest BCUT2D eigenvalue weighted by Crippen LogP contribution is -2.43. The number of hydrogen-bond acceptors (Lipinski definition) is 23. The lowest BCUT2D eigenvalue weighted by molar-refractivity contribution is -0.142. The van der Waals surface area contributed by atoms with Crippen LogP contribution in [0.1, 0.15) is 52.7 Å². The standard InChI is InChI=1S/C20H22N4O3.C16H13ClN2O3.C15H21NO4.C12H16O4.C8H19NO.C5H5ClN2/c1-26-17-4-3-14(11-18(17)27-2)16-13-22-19-12-15(5-8-24(19)20(16)25)23-9-6-21-7-10-23;1-21-13-4-3-10(7-14(13)22-2)12-9-18-15-8-11(17)5-6-19(15)16(12)20;1-6-20-15(17)12(10-16(2)3)11-7-8-13(18-4)14(9-11)19-5;1-4-16-12(13)8-9-5-6-10(14-2)11(7-9)15-3;1-7(9(5)6)10-8(2,3)4;6-4-1-2-8-5(7)3-4/h3-5,8,11-13,21H,6-7,9-10H2,1-2H3;3-9H,1-2H3;7-10H,6H2,1-5H3;5-7H,4,8H2,1-3H3;7H,1-6H3;1-3H,(H2,7,8)/b;;12-10-;;;. The summed E-state index contributed by atoms with van der Waals surface area (Å²) in [5.41, 5.74) is 11.6. The molecule has 0 amide bonds. The first kappa shape index (κ1) is 83.4. The Morgan fingerprint density at radius 1 is 0.583 bits per heavy atom. The van der Waals surface area contributed by atoms with Crippen LogP contribution in [0.3, 0.4) is 0 Å². The molecule has 0 radical (unpaired) electrons. The number of aromatic nitrogens is 5. The van der Waals surface area contributed by atoms with Crippen LogP contribution in [-0.4, -0.2) is 182 Å². The van der Waals surface area contributed by atoms with Gasteiger partial charge in [-0.15, -0.1) is 0 Å². The molecule has 27 heteroatoms. The van der Waals surface area contributed by atoms with E-state index in [0.29, 0.717) is 109 Å². The molecule has 0 aliphatic carbocycles. The number of methoxy groups -OCH3 is 8. The van der Waals surface area contributed by atoms with Gasteiger partial charge in [-0.25, -0.2) is 19.7 Å². The van der Waals surface area contributed by atoms with Gasteiger partial charge in [-0.05, 0) is 151 Å². The monoisotopic (exact) mass is 1460 g/mol. The minimum atomic E-state index is -0.367. The highest BCUT2D eigenvalue weighted by molar-refractivity contribution is 6.31. The fourth-order valence-electron chi connectivity index (χ4n) is 9.76. The number of nitrogens with two attached hydrogens (primary N) is 1. The zero-order chi connectivity index (χ0) is 75.9. The summed E-state index contributed by atoms with van der Waals surface area (Å²) in [6.07, 6.45) is 10.3. The third-order valence-electron chi connectivity index (χ3n) is 14.9. The Kier molecular flexibility index (Phi) is 33.6. The van der Waals surface area contributed by atoms with Gasteiger partial charge >= 0.3 is 11.9 Å². The smallest absolute Gasteiger partial charge is 0.340 e. The number of fused-ring (bicyclic) bond motifs is 2. The van der Waals surface area contributed by atoms with E-state index >= 15 is 0 Å². The number of rotatable bonds is 20. The fraction of sp³-hybridized carbons (Fsp3) is 0.355. The van der Waals surface area contributed by atoms with E-state index in [4.69, 9.17) is 81.0 Å². The first-order valence-corrected chi connectivity index (χ1v) is 33.4. The molecule has 1 fully saturated rings. The summed E-state index contributed by atoms with van der Waals surface area (Å²) in [6, 6.07) is 31.9. The van der Waals surface area contributed by atoms with Crippen LogP contribution < -0.4 is 65.0 Å². The minimum Gasteiger partial charge on any atom is -0.493 e. The van der Waals surface area contributed by atoms with Crippen LogP contribution in [0.4, 0.5) is 11.5 Å². The maximum atomic E-state index is 13.0. The Bertz CT molecular complexity index is 4350. The molecule has 1 aliphatic rings. The number of nitrogens with one attached hydrogen (secondary N) is 1. The van der Waals surface area contributed by atoms with Crippen LogP contribution in [0.25, 0.3) is 39.1 Å². The number of nitrogens with zero attached hydrogens (tertiary/aromatic N) is 8. The van der Waals surface area contributed by atoms with Crippen molar-refractivity contribution in [1.82, 2.24) is 38.9 Å². The summed E-state index contributed by atoms with van der Waals surface area (Å²) in [4.78, 5) is 67.6. The number of esters is 2. The van der Waals surface area contributed by atoms with E-state index in [9.17, 15) is 19.2 Å². The third-order valence-corrected chi connectivity index (χ3v) is 15.4. The first-order chi connectivity index (χ1) is 49.2. The molecule has 1 unspecified atom stereocenters. The van der Waals surface area contributed by atoms with Crippen LogP contribution in [0.2, 0.25) is 10.0 Å². The van der Waals surface area contributed by atoms with Gasteiger partial charge in [-0.3, -0.25) is 28.1 Å². The topological polar surface area (TPSA) is 265 Å². The Morgan fingerprint density at radius 2 is 1.05 bits per heavy atom. The molecule has 0 bridgehead atoms. The number of carbonyl (C=O) groups is 2. The highest BCUT2D eigenvalue weighted by atomic mass is 35.5. The third kappa shape index (κ3) is 25.3. The minimum absolute atomic E-state index is 0.0380. The van der Waals surface area contributed by atoms with Crippen molar-refractivity contribution in [2.45, 2.75) is 59.8 Å². The van der Waals surface area contributed by atoms with Gasteiger partial charge in [-0.2, -0.15) is 0 Å². The lowest BCUT2D eigenvalue weighted by atomic mass is 10.1. The van der Waals surface area contributed by atoms with E-state index in [1.54, 1.807) is 196 Å². The van der Waals surface area contributed by atoms with E-state index < -0.39 is 0 Å². The zero-order valence-corrected chi connectivity index (χ0v) is 63.4. The van der Waals surface area contributed by atoms with Gasteiger partial charge in [0.1, 0.15) is 23.3 Å². The molecule has 6 heterocycles. The van der Waals surface area contributed by atoms with E-state index in [-0.39, 0.29) is 41.3 Å². The van der Waals surface area contributed by atoms with Crippen molar-refractivity contribution in [2.75, 3.05) is 135 Å². The SMILES string of the molecule is CC(OC(C)(C)C)N(C)C.CCOC(=O)/C(=C\N(C)C)c1ccc(OC)c(OC)c1.CCOC(=O)Cc1ccc(OC)c(OC)c1.COc1ccc(-c2cnc3cc(Cl)ccn3c2=O)cc1OC.COc1ccc(-c2cnc3cc(N4CCNCC4)ccn3c2=O)cc1OC.Nc1cc(Cl)ccn1. The second kappa shape index (κ2) is 41.6. The van der Waals surface area contributed by atoms with Gasteiger partial charge < -0.3 is 73.0 Å². The molecular weight excluding hydrogens is 1360 g/mol. The summed E-state index contributed by atoms with van der Waals surface area (Å²) < 4.78 is 60.4. The van der Waals surface area contributed by atoms with Crippen molar-refractivity contribution < 1.29 is 61.7 Å². The van der Waals surface area contributed by atoms with E-state index in [2.05, 4.69) is 45.9 Å². The first-order valence-electron chi connectivity index (χ1n) is 32.6. The van der Waals surface area contributed by atoms with Crippen LogP contribution in [0.5, 0.6) is 46.0 Å². The number of carbonyl (C=O) groups excluding carboxylic acids is 2. The number of hydrogen-bond donors (Lipinski definition) is 2. The van der Waals surface area contributed by atoms with E-state index in [1.807, 2.05) is 64.3 Å². The lowest BCUT2D eigenvalue weighted by Gasteiger charge is -2.29. The zero-order valence-electron chi connectivity index (χ0n) is 61.9. The maximum Gasteiger partial charge on any atom is 0.340 e. The van der Waals surface area contributed by atoms with Crippen molar-refractivity contribution >= 4 is 63.5 Å². The van der Waals surface area contributed by atoms with Crippen LogP contribution in [0.15, 0.2) is 156 Å². The summed E-state index contributed by atoms with van der Waals surface area (Å²) in [5.74, 6) is 4.65. The molecule has 3 N–H and O–H groups in total. The van der Waals surface area contributed by atoms with Crippen molar-refractivity contribution in [1.29, 1.82) is 0 Å². The van der Waals surface area contributed by atoms with Crippen LogP contribution in [-0.2, 0) is 30.2 Å². The largest absolute Gasteiger partial charge is 0.493 e. The number of anilines is 2. The van der Waals surface area contributed by atoms with Crippen LogP contribution in [0, 0.1) is 0 Å². The molecule has 0 saturated carbocycles. The van der Waals surface area contributed by atoms with Gasteiger partial charge in [0.2, 0.25) is 0 Å². The van der Waals surface area contributed by atoms with Gasteiger partial charge in [0.15, 0.2) is 46.0 Å².